The molecule has 0 bridgehead atoms. The molecule has 0 spiro atoms. The maximum atomic E-state index is 13.4. The van der Waals surface area contributed by atoms with E-state index in [0.29, 0.717) is 13.2 Å². The summed E-state index contributed by atoms with van der Waals surface area (Å²) in [6.07, 6.45) is 1.50. The van der Waals surface area contributed by atoms with E-state index in [1.807, 2.05) is 60.7 Å². The van der Waals surface area contributed by atoms with Gasteiger partial charge in [-0.05, 0) is 24.0 Å². The summed E-state index contributed by atoms with van der Waals surface area (Å²) in [7, 11) is 0. The van der Waals surface area contributed by atoms with Crippen LogP contribution in [0.15, 0.2) is 60.7 Å². The van der Waals surface area contributed by atoms with Crippen LogP contribution in [-0.4, -0.2) is 66.2 Å². The van der Waals surface area contributed by atoms with Crippen LogP contribution in [0.3, 0.4) is 0 Å². The number of benzene rings is 2. The number of nitrogens with zero attached hydrogens (tertiary/aromatic N) is 2. The third kappa shape index (κ3) is 5.31. The van der Waals surface area contributed by atoms with Crippen molar-refractivity contribution in [1.29, 1.82) is 0 Å². The lowest BCUT2D eigenvalue weighted by molar-refractivity contribution is -0.142. The lowest BCUT2D eigenvalue weighted by Gasteiger charge is -2.36. The maximum absolute atomic E-state index is 13.4. The summed E-state index contributed by atoms with van der Waals surface area (Å²) in [6, 6.07) is 19.2. The highest BCUT2D eigenvalue weighted by Gasteiger charge is 2.41. The van der Waals surface area contributed by atoms with E-state index in [2.05, 4.69) is 0 Å². The molecule has 2 aromatic rings. The van der Waals surface area contributed by atoms with Gasteiger partial charge in [0.2, 0.25) is 11.8 Å². The van der Waals surface area contributed by atoms with E-state index >= 15 is 0 Å². The molecular formula is C26H28N2O5. The molecular weight excluding hydrogens is 420 g/mol. The van der Waals surface area contributed by atoms with Crippen molar-refractivity contribution >= 4 is 17.8 Å². The van der Waals surface area contributed by atoms with Gasteiger partial charge in [0.15, 0.2) is 0 Å². The summed E-state index contributed by atoms with van der Waals surface area (Å²) in [5, 5.41) is 0. The molecule has 7 nitrogen and oxygen atoms in total. The molecule has 0 aromatic heterocycles. The number of ether oxygens (including phenoxy) is 2. The molecule has 3 heterocycles. The zero-order chi connectivity index (χ0) is 22.8. The van der Waals surface area contributed by atoms with Crippen molar-refractivity contribution in [2.75, 3.05) is 26.3 Å². The van der Waals surface area contributed by atoms with Crippen molar-refractivity contribution in [2.45, 2.75) is 43.3 Å². The first kappa shape index (κ1) is 21.8. The molecule has 0 saturated carbocycles. The monoisotopic (exact) mass is 448 g/mol. The molecule has 0 N–H and O–H groups in total. The highest BCUT2D eigenvalue weighted by atomic mass is 16.6. The normalized spacial score (nSPS) is 24.1. The second-order valence-corrected chi connectivity index (χ2v) is 9.07. The van der Waals surface area contributed by atoms with Crippen LogP contribution in [-0.2, 0) is 19.1 Å². The van der Waals surface area contributed by atoms with Crippen molar-refractivity contribution in [2.24, 2.45) is 0 Å². The lowest BCUT2D eigenvalue weighted by atomic mass is 9.92. The zero-order valence-electron chi connectivity index (χ0n) is 18.5. The van der Waals surface area contributed by atoms with E-state index < -0.39 is 17.8 Å². The van der Waals surface area contributed by atoms with Crippen LogP contribution in [0.2, 0.25) is 0 Å². The number of hydrogen-bond donors (Lipinski definition) is 0. The molecule has 5 rings (SSSR count). The van der Waals surface area contributed by atoms with Gasteiger partial charge in [0.05, 0.1) is 25.4 Å². The molecule has 3 fully saturated rings. The number of amides is 4. The summed E-state index contributed by atoms with van der Waals surface area (Å²) >= 11 is 0. The van der Waals surface area contributed by atoms with Gasteiger partial charge in [-0.15, -0.1) is 0 Å². The molecule has 3 aliphatic heterocycles. The number of imide groups is 2. The molecule has 3 aliphatic rings. The van der Waals surface area contributed by atoms with E-state index in [1.165, 1.54) is 9.80 Å². The third-order valence-corrected chi connectivity index (χ3v) is 6.61. The Kier molecular flexibility index (Phi) is 6.24. The maximum Gasteiger partial charge on any atom is 0.333 e. The zero-order valence-corrected chi connectivity index (χ0v) is 18.5. The Hall–Kier alpha value is -3.03. The van der Waals surface area contributed by atoms with Gasteiger partial charge in [-0.3, -0.25) is 19.4 Å². The quantitative estimate of drug-likeness (QED) is 0.411. The number of epoxide rings is 2. The highest BCUT2D eigenvalue weighted by molar-refractivity contribution is 6.14. The van der Waals surface area contributed by atoms with Crippen LogP contribution >= 0.6 is 0 Å². The van der Waals surface area contributed by atoms with Gasteiger partial charge >= 0.3 is 6.03 Å². The Morgan fingerprint density at radius 1 is 0.697 bits per heavy atom. The minimum absolute atomic E-state index is 0.0357. The molecule has 2 aromatic carbocycles. The number of urea groups is 1. The fourth-order valence-corrected chi connectivity index (χ4v) is 4.61. The number of carbonyl (C=O) groups is 3. The largest absolute Gasteiger partial charge is 0.373 e. The van der Waals surface area contributed by atoms with Gasteiger partial charge in [0.1, 0.15) is 6.42 Å². The van der Waals surface area contributed by atoms with Crippen LogP contribution in [0.25, 0.3) is 0 Å². The highest BCUT2D eigenvalue weighted by Crippen LogP contribution is 2.32. The molecule has 4 atom stereocenters. The molecule has 3 saturated heterocycles. The smallest absolute Gasteiger partial charge is 0.333 e. The third-order valence-electron chi connectivity index (χ3n) is 6.61. The Morgan fingerprint density at radius 2 is 1.09 bits per heavy atom. The summed E-state index contributed by atoms with van der Waals surface area (Å²) in [5.41, 5.74) is 2.12. The molecule has 33 heavy (non-hydrogen) atoms. The summed E-state index contributed by atoms with van der Waals surface area (Å²) < 4.78 is 10.8. The van der Waals surface area contributed by atoms with Crippen LogP contribution in [0, 0.1) is 0 Å². The topological polar surface area (TPSA) is 82.8 Å². The Balaban J connectivity index is 1.34. The molecule has 0 aliphatic carbocycles. The van der Waals surface area contributed by atoms with Gasteiger partial charge < -0.3 is 9.47 Å². The molecule has 0 radical (unpaired) electrons. The fraction of sp³-hybridized carbons (Fsp3) is 0.423. The SMILES string of the molecule is O=C1CC(=O)N(CC(CC2CO2)c2ccccc2)C(=O)N1CC(CC1CO1)c1ccccc1. The van der Waals surface area contributed by atoms with Crippen molar-refractivity contribution < 1.29 is 23.9 Å². The Bertz CT molecular complexity index is 924. The van der Waals surface area contributed by atoms with E-state index in [0.717, 1.165) is 24.0 Å². The lowest BCUT2D eigenvalue weighted by Crippen LogP contribution is -2.56. The first-order valence-electron chi connectivity index (χ1n) is 11.6. The molecule has 172 valence electrons. The van der Waals surface area contributed by atoms with Gasteiger partial charge in [0.25, 0.3) is 0 Å². The standard InChI is InChI=1S/C26H28N2O5/c29-24-13-25(30)28(15-21(12-23-17-33-23)19-9-5-2-6-10-19)26(31)27(24)14-20(11-22-16-32-22)18-7-3-1-4-8-18/h1-10,20-23H,11-17H2. The van der Waals surface area contributed by atoms with E-state index in [4.69, 9.17) is 9.47 Å². The summed E-state index contributed by atoms with van der Waals surface area (Å²) in [5.74, 6) is -0.931. The fourth-order valence-electron chi connectivity index (χ4n) is 4.61. The number of carbonyl (C=O) groups excluding carboxylic acids is 3. The second kappa shape index (κ2) is 9.45. The number of rotatable bonds is 10. The molecule has 4 unspecified atom stereocenters. The summed E-state index contributed by atoms with van der Waals surface area (Å²) in [4.78, 5) is 41.5. The van der Waals surface area contributed by atoms with Crippen LogP contribution in [0.5, 0.6) is 0 Å². The van der Waals surface area contributed by atoms with Gasteiger partial charge in [0, 0.05) is 24.9 Å². The van der Waals surface area contributed by atoms with Gasteiger partial charge in [-0.25, -0.2) is 4.79 Å². The van der Waals surface area contributed by atoms with E-state index in [1.54, 1.807) is 0 Å². The average Bonchev–Trinajstić information content (AvgIpc) is 3.75. The van der Waals surface area contributed by atoms with Crippen LogP contribution in [0.1, 0.15) is 42.2 Å². The van der Waals surface area contributed by atoms with Crippen molar-refractivity contribution in [3.63, 3.8) is 0 Å². The number of barbiturate groups is 1. The first-order chi connectivity index (χ1) is 16.1. The number of hydrogen-bond acceptors (Lipinski definition) is 5. The van der Waals surface area contributed by atoms with Gasteiger partial charge in [-0.1, -0.05) is 60.7 Å². The predicted molar refractivity (Wildman–Crippen MR) is 121 cm³/mol. The Morgan fingerprint density at radius 3 is 1.45 bits per heavy atom. The Labute approximate surface area is 193 Å². The average molecular weight is 449 g/mol. The van der Waals surface area contributed by atoms with Crippen LogP contribution in [0.4, 0.5) is 4.79 Å². The predicted octanol–water partition coefficient (Wildman–Crippen LogP) is 3.31. The minimum Gasteiger partial charge on any atom is -0.373 e. The minimum atomic E-state index is -0.522. The van der Waals surface area contributed by atoms with E-state index in [-0.39, 0.29) is 43.6 Å². The second-order valence-electron chi connectivity index (χ2n) is 9.07. The van der Waals surface area contributed by atoms with E-state index in [9.17, 15) is 14.4 Å². The van der Waals surface area contributed by atoms with Crippen molar-refractivity contribution in [1.82, 2.24) is 9.80 Å². The van der Waals surface area contributed by atoms with Crippen LogP contribution < -0.4 is 0 Å². The summed E-state index contributed by atoms with van der Waals surface area (Å²) in [6.45, 7) is 1.90. The molecule has 7 heteroatoms. The van der Waals surface area contributed by atoms with Gasteiger partial charge in [-0.2, -0.15) is 0 Å². The van der Waals surface area contributed by atoms with Crippen molar-refractivity contribution in [3.8, 4) is 0 Å². The van der Waals surface area contributed by atoms with Crippen molar-refractivity contribution in [3.05, 3.63) is 71.8 Å². The first-order valence-corrected chi connectivity index (χ1v) is 11.6. The molecule has 4 amide bonds.